The number of nitrogens with one attached hydrogen (secondary N) is 1. The SMILES string of the molecule is O=C(Nc1cc(-c2ccc(F)cc2F)ccc1C(=O)O)c1ccccc1. The highest BCUT2D eigenvalue weighted by Crippen LogP contribution is 2.28. The summed E-state index contributed by atoms with van der Waals surface area (Å²) in [7, 11) is 0. The van der Waals surface area contributed by atoms with E-state index in [9.17, 15) is 23.5 Å². The standard InChI is InChI=1S/C20H13F2NO3/c21-14-7-9-15(17(22)11-14)13-6-8-16(20(25)26)18(10-13)23-19(24)12-4-2-1-3-5-12/h1-11H,(H,23,24)(H,25,26). The van der Waals surface area contributed by atoms with E-state index in [1.165, 1.54) is 24.3 Å². The molecule has 0 heterocycles. The molecule has 0 unspecified atom stereocenters. The Bertz CT molecular complexity index is 988. The number of carboxylic acid groups (broad SMARTS) is 1. The lowest BCUT2D eigenvalue weighted by Gasteiger charge is -2.12. The quantitative estimate of drug-likeness (QED) is 0.721. The molecule has 0 atom stereocenters. The third-order valence-electron chi connectivity index (χ3n) is 3.78. The van der Waals surface area contributed by atoms with E-state index in [0.717, 1.165) is 12.1 Å². The first-order valence-corrected chi connectivity index (χ1v) is 7.65. The maximum Gasteiger partial charge on any atom is 0.337 e. The molecule has 3 aromatic carbocycles. The number of benzene rings is 3. The molecule has 26 heavy (non-hydrogen) atoms. The molecule has 6 heteroatoms. The molecule has 3 rings (SSSR count). The van der Waals surface area contributed by atoms with Crippen LogP contribution in [-0.2, 0) is 0 Å². The molecular formula is C20H13F2NO3. The van der Waals surface area contributed by atoms with Gasteiger partial charge in [-0.25, -0.2) is 13.6 Å². The van der Waals surface area contributed by atoms with Gasteiger partial charge in [0.25, 0.3) is 5.91 Å². The van der Waals surface area contributed by atoms with Gasteiger partial charge in [-0.2, -0.15) is 0 Å². The van der Waals surface area contributed by atoms with Crippen LogP contribution >= 0.6 is 0 Å². The van der Waals surface area contributed by atoms with Gasteiger partial charge in [0.15, 0.2) is 0 Å². The Morgan fingerprint density at radius 1 is 0.885 bits per heavy atom. The monoisotopic (exact) mass is 353 g/mol. The first-order chi connectivity index (χ1) is 12.5. The van der Waals surface area contributed by atoms with Crippen LogP contribution in [-0.4, -0.2) is 17.0 Å². The molecule has 0 aromatic heterocycles. The number of halogens is 2. The summed E-state index contributed by atoms with van der Waals surface area (Å²) < 4.78 is 27.1. The number of amides is 1. The molecule has 0 bridgehead atoms. The van der Waals surface area contributed by atoms with Gasteiger partial charge in [0.1, 0.15) is 11.6 Å². The second kappa shape index (κ2) is 7.14. The van der Waals surface area contributed by atoms with Crippen molar-refractivity contribution in [1.29, 1.82) is 0 Å². The van der Waals surface area contributed by atoms with Crippen LogP contribution in [0.3, 0.4) is 0 Å². The van der Waals surface area contributed by atoms with Gasteiger partial charge in [-0.3, -0.25) is 4.79 Å². The Kier molecular flexibility index (Phi) is 4.75. The zero-order valence-corrected chi connectivity index (χ0v) is 13.4. The first-order valence-electron chi connectivity index (χ1n) is 7.65. The predicted molar refractivity (Wildman–Crippen MR) is 93.1 cm³/mol. The summed E-state index contributed by atoms with van der Waals surface area (Å²) in [4.78, 5) is 23.7. The van der Waals surface area contributed by atoms with Crippen molar-refractivity contribution in [2.24, 2.45) is 0 Å². The Labute approximate surface area is 147 Å². The first kappa shape index (κ1) is 17.3. The Morgan fingerprint density at radius 2 is 1.62 bits per heavy atom. The fourth-order valence-corrected chi connectivity index (χ4v) is 2.51. The van der Waals surface area contributed by atoms with Crippen LogP contribution < -0.4 is 5.32 Å². The molecule has 4 nitrogen and oxygen atoms in total. The second-order valence-corrected chi connectivity index (χ2v) is 5.51. The molecule has 0 fully saturated rings. The van der Waals surface area contributed by atoms with E-state index in [1.807, 2.05) is 0 Å². The number of hydrogen-bond donors (Lipinski definition) is 2. The van der Waals surface area contributed by atoms with Crippen LogP contribution in [0, 0.1) is 11.6 Å². The fraction of sp³-hybridized carbons (Fsp3) is 0. The van der Waals surface area contributed by atoms with Crippen molar-refractivity contribution in [2.45, 2.75) is 0 Å². The summed E-state index contributed by atoms with van der Waals surface area (Å²) in [6.45, 7) is 0. The second-order valence-electron chi connectivity index (χ2n) is 5.51. The minimum Gasteiger partial charge on any atom is -0.478 e. The van der Waals surface area contributed by atoms with Crippen molar-refractivity contribution in [3.05, 3.63) is 89.5 Å². The van der Waals surface area contributed by atoms with Crippen LogP contribution in [0.4, 0.5) is 14.5 Å². The van der Waals surface area contributed by atoms with E-state index in [4.69, 9.17) is 0 Å². The van der Waals surface area contributed by atoms with Gasteiger partial charge in [0, 0.05) is 17.2 Å². The maximum atomic E-state index is 14.0. The number of carbonyl (C=O) groups is 2. The minimum absolute atomic E-state index is 0.0209. The van der Waals surface area contributed by atoms with Gasteiger partial charge in [0.05, 0.1) is 11.3 Å². The molecule has 0 radical (unpaired) electrons. The smallest absolute Gasteiger partial charge is 0.337 e. The van der Waals surface area contributed by atoms with Crippen LogP contribution in [0.1, 0.15) is 20.7 Å². The third-order valence-corrected chi connectivity index (χ3v) is 3.78. The zero-order chi connectivity index (χ0) is 18.7. The number of carbonyl (C=O) groups excluding carboxylic acids is 1. The zero-order valence-electron chi connectivity index (χ0n) is 13.4. The lowest BCUT2D eigenvalue weighted by atomic mass is 10.0. The molecule has 0 spiro atoms. The van der Waals surface area contributed by atoms with Crippen molar-refractivity contribution >= 4 is 17.6 Å². The molecule has 0 aliphatic heterocycles. The average molecular weight is 353 g/mol. The maximum absolute atomic E-state index is 14.0. The summed E-state index contributed by atoms with van der Waals surface area (Å²) >= 11 is 0. The van der Waals surface area contributed by atoms with Crippen LogP contribution in [0.15, 0.2) is 66.7 Å². The van der Waals surface area contributed by atoms with Crippen molar-refractivity contribution in [1.82, 2.24) is 0 Å². The number of rotatable bonds is 4. The minimum atomic E-state index is -1.24. The largest absolute Gasteiger partial charge is 0.478 e. The highest BCUT2D eigenvalue weighted by molar-refractivity contribution is 6.08. The van der Waals surface area contributed by atoms with Crippen molar-refractivity contribution in [3.8, 4) is 11.1 Å². The number of hydrogen-bond acceptors (Lipinski definition) is 2. The Balaban J connectivity index is 2.02. The van der Waals surface area contributed by atoms with Crippen molar-refractivity contribution < 1.29 is 23.5 Å². The van der Waals surface area contributed by atoms with Crippen LogP contribution in [0.5, 0.6) is 0 Å². The molecule has 3 aromatic rings. The molecule has 1 amide bonds. The van der Waals surface area contributed by atoms with Gasteiger partial charge in [-0.1, -0.05) is 24.3 Å². The molecule has 2 N–H and O–H groups in total. The van der Waals surface area contributed by atoms with E-state index < -0.39 is 23.5 Å². The van der Waals surface area contributed by atoms with Gasteiger partial charge >= 0.3 is 5.97 Å². The highest BCUT2D eigenvalue weighted by Gasteiger charge is 2.16. The van der Waals surface area contributed by atoms with E-state index in [0.29, 0.717) is 11.1 Å². The molecule has 0 saturated carbocycles. The summed E-state index contributed by atoms with van der Waals surface area (Å²) in [5, 5.41) is 11.9. The average Bonchev–Trinajstić information content (AvgIpc) is 2.62. The van der Waals surface area contributed by atoms with Gasteiger partial charge in [-0.05, 0) is 42.0 Å². The lowest BCUT2D eigenvalue weighted by Crippen LogP contribution is -2.14. The molecule has 0 aliphatic rings. The van der Waals surface area contributed by atoms with Gasteiger partial charge in [-0.15, -0.1) is 0 Å². The lowest BCUT2D eigenvalue weighted by molar-refractivity contribution is 0.0698. The summed E-state index contributed by atoms with van der Waals surface area (Å²) in [5.41, 5.74) is 0.643. The molecule has 0 saturated heterocycles. The van der Waals surface area contributed by atoms with E-state index in [2.05, 4.69) is 5.32 Å². The molecule has 130 valence electrons. The summed E-state index contributed by atoms with van der Waals surface area (Å²) in [5.74, 6) is -3.23. The van der Waals surface area contributed by atoms with Gasteiger partial charge in [0.2, 0.25) is 0 Å². The molecule has 0 aliphatic carbocycles. The molecular weight excluding hydrogens is 340 g/mol. The van der Waals surface area contributed by atoms with Gasteiger partial charge < -0.3 is 10.4 Å². The summed E-state index contributed by atoms with van der Waals surface area (Å²) in [6, 6.07) is 15.4. The van der Waals surface area contributed by atoms with Crippen molar-refractivity contribution in [3.63, 3.8) is 0 Å². The van der Waals surface area contributed by atoms with E-state index in [-0.39, 0.29) is 16.8 Å². The number of anilines is 1. The van der Waals surface area contributed by atoms with Crippen LogP contribution in [0.2, 0.25) is 0 Å². The predicted octanol–water partition coefficient (Wildman–Crippen LogP) is 4.58. The van der Waals surface area contributed by atoms with E-state index in [1.54, 1.807) is 30.3 Å². The highest BCUT2D eigenvalue weighted by atomic mass is 19.1. The topological polar surface area (TPSA) is 66.4 Å². The number of carboxylic acids is 1. The van der Waals surface area contributed by atoms with E-state index >= 15 is 0 Å². The number of aromatic carboxylic acids is 1. The normalized spacial score (nSPS) is 10.4. The Morgan fingerprint density at radius 3 is 2.27 bits per heavy atom. The summed E-state index contributed by atoms with van der Waals surface area (Å²) in [6.07, 6.45) is 0. The van der Waals surface area contributed by atoms with Crippen molar-refractivity contribution in [2.75, 3.05) is 5.32 Å². The Hall–Kier alpha value is -3.54. The third kappa shape index (κ3) is 3.59. The van der Waals surface area contributed by atoms with Crippen LogP contribution in [0.25, 0.3) is 11.1 Å². The fourth-order valence-electron chi connectivity index (χ4n) is 2.51.